The number of benzene rings is 1. The first kappa shape index (κ1) is 21.6. The van der Waals surface area contributed by atoms with Crippen LogP contribution in [0.5, 0.6) is 0 Å². The first-order valence-electron chi connectivity index (χ1n) is 8.83. The van der Waals surface area contributed by atoms with Gasteiger partial charge >= 0.3 is 0 Å². The highest BCUT2D eigenvalue weighted by atomic mass is 127. The molecule has 0 aliphatic carbocycles. The van der Waals surface area contributed by atoms with Crippen LogP contribution in [-0.4, -0.2) is 36.1 Å². The second-order valence-electron chi connectivity index (χ2n) is 6.02. The molecule has 0 amide bonds. The van der Waals surface area contributed by atoms with Crippen molar-refractivity contribution in [1.29, 1.82) is 0 Å². The first-order valence-corrected chi connectivity index (χ1v) is 9.71. The molecule has 0 radical (unpaired) electrons. The van der Waals surface area contributed by atoms with Gasteiger partial charge in [-0.05, 0) is 36.6 Å². The van der Waals surface area contributed by atoms with Crippen molar-refractivity contribution in [2.45, 2.75) is 26.2 Å². The zero-order valence-corrected chi connectivity index (χ0v) is 18.7. The monoisotopic (exact) mass is 501 g/mol. The van der Waals surface area contributed by atoms with Crippen molar-refractivity contribution in [2.75, 3.05) is 20.1 Å². The highest BCUT2D eigenvalue weighted by molar-refractivity contribution is 14.0. The van der Waals surface area contributed by atoms with Gasteiger partial charge < -0.3 is 15.6 Å². The number of aryl methyl sites for hydroxylation is 1. The van der Waals surface area contributed by atoms with Crippen LogP contribution >= 0.6 is 35.3 Å². The molecule has 0 bridgehead atoms. The summed E-state index contributed by atoms with van der Waals surface area (Å²) in [4.78, 5) is 12.0. The predicted octanol–water partition coefficient (Wildman–Crippen LogP) is 3.89. The topological polar surface area (TPSA) is 65.1 Å². The average molecular weight is 501 g/mol. The molecule has 5 nitrogen and oxygen atoms in total. The summed E-state index contributed by atoms with van der Waals surface area (Å²) in [5, 5.41) is 10.8. The second kappa shape index (κ2) is 10.6. The lowest BCUT2D eigenvalue weighted by atomic mass is 10.1. The number of nitrogens with zero attached hydrogens (tertiary/aromatic N) is 2. The lowest BCUT2D eigenvalue weighted by molar-refractivity contribution is 0.629. The van der Waals surface area contributed by atoms with Gasteiger partial charge in [0.25, 0.3) is 0 Å². The number of rotatable bonds is 7. The molecule has 0 spiro atoms. The molecule has 0 saturated carbocycles. The van der Waals surface area contributed by atoms with Crippen molar-refractivity contribution in [2.24, 2.45) is 4.99 Å². The maximum atomic E-state index is 13.4. The molecule has 0 unspecified atom stereocenters. The molecule has 8 heteroatoms. The molecule has 0 aliphatic heterocycles. The van der Waals surface area contributed by atoms with E-state index < -0.39 is 0 Å². The van der Waals surface area contributed by atoms with Crippen LogP contribution in [0.15, 0.2) is 34.8 Å². The van der Waals surface area contributed by atoms with E-state index in [0.29, 0.717) is 0 Å². The number of thiazole rings is 1. The molecule has 0 saturated heterocycles. The molecular weight excluding hydrogens is 476 g/mol. The Hall–Kier alpha value is -1.68. The van der Waals surface area contributed by atoms with Crippen molar-refractivity contribution in [3.05, 3.63) is 51.9 Å². The Balaban J connectivity index is 0.00000261. The molecule has 0 aliphatic rings. The summed E-state index contributed by atoms with van der Waals surface area (Å²) >= 11 is 1.71. The fourth-order valence-electron chi connectivity index (χ4n) is 2.83. The summed E-state index contributed by atoms with van der Waals surface area (Å²) in [7, 11) is 1.76. The molecule has 2 heterocycles. The maximum Gasteiger partial charge on any atom is 0.190 e. The number of H-pyrrole nitrogens is 1. The minimum atomic E-state index is -0.211. The van der Waals surface area contributed by atoms with Gasteiger partial charge in [0.2, 0.25) is 0 Å². The Morgan fingerprint density at radius 1 is 1.26 bits per heavy atom. The summed E-state index contributed by atoms with van der Waals surface area (Å²) in [6.45, 7) is 3.62. The predicted molar refractivity (Wildman–Crippen MR) is 122 cm³/mol. The maximum absolute atomic E-state index is 13.4. The lowest BCUT2D eigenvalue weighted by Crippen LogP contribution is -2.39. The number of guanidine groups is 1. The summed E-state index contributed by atoms with van der Waals surface area (Å²) < 4.78 is 13.4. The van der Waals surface area contributed by atoms with E-state index in [1.165, 1.54) is 11.1 Å². The summed E-state index contributed by atoms with van der Waals surface area (Å²) in [5.41, 5.74) is 3.17. The number of aliphatic imine (C=N–C) groups is 1. The van der Waals surface area contributed by atoms with E-state index in [1.807, 2.05) is 6.20 Å². The Morgan fingerprint density at radius 3 is 2.74 bits per heavy atom. The lowest BCUT2D eigenvalue weighted by Gasteiger charge is -2.11. The Kier molecular flexibility index (Phi) is 8.49. The van der Waals surface area contributed by atoms with E-state index in [-0.39, 0.29) is 29.8 Å². The van der Waals surface area contributed by atoms with E-state index in [9.17, 15) is 4.39 Å². The van der Waals surface area contributed by atoms with Gasteiger partial charge in [-0.2, -0.15) is 0 Å². The standard InChI is InChI=1S/C19H24FN5S.HI/c1-3-18-25-15(12-26-18)7-9-23-19(21-2)22-8-6-13-11-24-17-5-4-14(20)10-16(13)17;/h4-5,10-12,24H,3,6-9H2,1-2H3,(H2,21,22,23);1H. The van der Waals surface area contributed by atoms with Crippen LogP contribution in [0.25, 0.3) is 10.9 Å². The molecule has 0 atom stereocenters. The van der Waals surface area contributed by atoms with Gasteiger partial charge in [0.15, 0.2) is 5.96 Å². The van der Waals surface area contributed by atoms with E-state index in [4.69, 9.17) is 0 Å². The van der Waals surface area contributed by atoms with Gasteiger partial charge in [0.05, 0.1) is 10.7 Å². The fourth-order valence-corrected chi connectivity index (χ4v) is 3.61. The summed E-state index contributed by atoms with van der Waals surface area (Å²) in [6, 6.07) is 4.82. The number of aromatic amines is 1. The van der Waals surface area contributed by atoms with Crippen LogP contribution in [0, 0.1) is 5.82 Å². The average Bonchev–Trinajstić information content (AvgIpc) is 3.27. The fraction of sp³-hybridized carbons (Fsp3) is 0.368. The van der Waals surface area contributed by atoms with Gasteiger partial charge in [0, 0.05) is 49.0 Å². The molecule has 3 aromatic rings. The van der Waals surface area contributed by atoms with Gasteiger partial charge in [-0.1, -0.05) is 6.92 Å². The van der Waals surface area contributed by atoms with Gasteiger partial charge in [0.1, 0.15) is 5.82 Å². The molecule has 3 N–H and O–H groups in total. The number of nitrogens with one attached hydrogen (secondary N) is 3. The SMILES string of the molecule is CCc1nc(CCNC(=NC)NCCc2c[nH]c3ccc(F)cc23)cs1.I. The molecule has 1 aromatic carbocycles. The molecule has 146 valence electrons. The smallest absolute Gasteiger partial charge is 0.190 e. The molecule has 27 heavy (non-hydrogen) atoms. The largest absolute Gasteiger partial charge is 0.361 e. The van der Waals surface area contributed by atoms with Crippen molar-refractivity contribution in [3.63, 3.8) is 0 Å². The van der Waals surface area contributed by atoms with Crippen molar-refractivity contribution >= 4 is 52.2 Å². The Labute approximate surface area is 179 Å². The number of halogens is 2. The van der Waals surface area contributed by atoms with Gasteiger partial charge in [-0.15, -0.1) is 35.3 Å². The minimum absolute atomic E-state index is 0. The molecule has 2 aromatic heterocycles. The highest BCUT2D eigenvalue weighted by Crippen LogP contribution is 2.19. The summed E-state index contributed by atoms with van der Waals surface area (Å²) in [6.07, 6.45) is 4.59. The minimum Gasteiger partial charge on any atom is -0.361 e. The number of hydrogen-bond donors (Lipinski definition) is 3. The number of hydrogen-bond acceptors (Lipinski definition) is 3. The van der Waals surface area contributed by atoms with E-state index in [2.05, 4.69) is 37.9 Å². The zero-order valence-electron chi connectivity index (χ0n) is 15.5. The Bertz CT molecular complexity index is 889. The quantitative estimate of drug-likeness (QED) is 0.262. The normalized spacial score (nSPS) is 11.4. The number of fused-ring (bicyclic) bond motifs is 1. The van der Waals surface area contributed by atoms with Crippen LogP contribution in [0.3, 0.4) is 0 Å². The molecule has 3 rings (SSSR count). The Morgan fingerprint density at radius 2 is 2.04 bits per heavy atom. The van der Waals surface area contributed by atoms with E-state index in [0.717, 1.165) is 60.5 Å². The van der Waals surface area contributed by atoms with Gasteiger partial charge in [-0.25, -0.2) is 9.37 Å². The third kappa shape index (κ3) is 5.90. The molecular formula is C19H25FIN5S. The van der Waals surface area contributed by atoms with Crippen LogP contribution in [0.2, 0.25) is 0 Å². The van der Waals surface area contributed by atoms with E-state index in [1.54, 1.807) is 30.5 Å². The van der Waals surface area contributed by atoms with Crippen molar-refractivity contribution < 1.29 is 4.39 Å². The summed E-state index contributed by atoms with van der Waals surface area (Å²) in [5.74, 6) is 0.555. The highest BCUT2D eigenvalue weighted by Gasteiger charge is 2.06. The van der Waals surface area contributed by atoms with Crippen molar-refractivity contribution in [1.82, 2.24) is 20.6 Å². The van der Waals surface area contributed by atoms with Crippen molar-refractivity contribution in [3.8, 4) is 0 Å². The van der Waals surface area contributed by atoms with Crippen LogP contribution in [0.4, 0.5) is 4.39 Å². The van der Waals surface area contributed by atoms with Crippen LogP contribution in [0.1, 0.15) is 23.2 Å². The third-order valence-electron chi connectivity index (χ3n) is 4.22. The molecule has 0 fully saturated rings. The zero-order chi connectivity index (χ0) is 18.4. The second-order valence-corrected chi connectivity index (χ2v) is 6.96. The van der Waals surface area contributed by atoms with Crippen LogP contribution < -0.4 is 10.6 Å². The van der Waals surface area contributed by atoms with E-state index >= 15 is 0 Å². The van der Waals surface area contributed by atoms with Crippen LogP contribution in [-0.2, 0) is 19.3 Å². The van der Waals surface area contributed by atoms with Gasteiger partial charge in [-0.3, -0.25) is 4.99 Å². The number of aromatic nitrogens is 2. The first-order chi connectivity index (χ1) is 12.7. The third-order valence-corrected chi connectivity index (χ3v) is 5.26.